The van der Waals surface area contributed by atoms with E-state index in [1.165, 1.54) is 25.6 Å². The van der Waals surface area contributed by atoms with E-state index in [-0.39, 0.29) is 0 Å². The van der Waals surface area contributed by atoms with Gasteiger partial charge in [-0.25, -0.2) is 4.98 Å². The molecule has 5 heteroatoms. The lowest BCUT2D eigenvalue weighted by molar-refractivity contribution is 1.14. The summed E-state index contributed by atoms with van der Waals surface area (Å²) in [6.07, 6.45) is 1.88. The Kier molecular flexibility index (Phi) is 5.48. The van der Waals surface area contributed by atoms with Crippen molar-refractivity contribution in [2.45, 2.75) is 0 Å². The Morgan fingerprint density at radius 2 is 1.19 bits per heavy atom. The molecule has 0 aliphatic heterocycles. The molecular weight excluding hydrogens is 593 g/mol. The number of fused-ring (bicyclic) bond motifs is 9. The van der Waals surface area contributed by atoms with E-state index in [1.54, 1.807) is 0 Å². The second-order valence-corrected chi connectivity index (χ2v) is 13.1. The number of aromatic nitrogens is 3. The van der Waals surface area contributed by atoms with Gasteiger partial charge in [-0.2, -0.15) is 5.26 Å². The summed E-state index contributed by atoms with van der Waals surface area (Å²) >= 11 is 1.85. The molecule has 6 aromatic carbocycles. The van der Waals surface area contributed by atoms with Crippen molar-refractivity contribution in [1.82, 2.24) is 14.1 Å². The smallest absolute Gasteiger partial charge is 0.145 e. The van der Waals surface area contributed by atoms with Gasteiger partial charge in [0.2, 0.25) is 0 Å². The molecule has 0 aliphatic carbocycles. The predicted molar refractivity (Wildman–Crippen MR) is 196 cm³/mol. The molecule has 218 valence electrons. The highest BCUT2D eigenvalue weighted by atomic mass is 32.1. The molecule has 4 aromatic heterocycles. The molecule has 10 aromatic rings. The van der Waals surface area contributed by atoms with Gasteiger partial charge >= 0.3 is 0 Å². The fourth-order valence-corrected chi connectivity index (χ4v) is 8.42. The maximum absolute atomic E-state index is 9.58. The summed E-state index contributed by atoms with van der Waals surface area (Å²) in [6.45, 7) is 0. The number of nitriles is 1. The Morgan fingerprint density at radius 3 is 2.02 bits per heavy atom. The van der Waals surface area contributed by atoms with Gasteiger partial charge < -0.3 is 4.57 Å². The Labute approximate surface area is 273 Å². The van der Waals surface area contributed by atoms with E-state index in [4.69, 9.17) is 4.98 Å². The van der Waals surface area contributed by atoms with Crippen molar-refractivity contribution in [3.63, 3.8) is 0 Å². The lowest BCUT2D eigenvalue weighted by atomic mass is 10.0. The average Bonchev–Trinajstić information content (AvgIpc) is 3.77. The van der Waals surface area contributed by atoms with Gasteiger partial charge in [0.15, 0.2) is 0 Å². The zero-order valence-electron chi connectivity index (χ0n) is 25.1. The minimum atomic E-state index is 0.665. The van der Waals surface area contributed by atoms with Crippen LogP contribution < -0.4 is 0 Å². The maximum Gasteiger partial charge on any atom is 0.145 e. The van der Waals surface area contributed by atoms with Gasteiger partial charge in [0.1, 0.15) is 5.65 Å². The van der Waals surface area contributed by atoms with E-state index >= 15 is 0 Å². The summed E-state index contributed by atoms with van der Waals surface area (Å²) in [5.41, 5.74) is 9.39. The molecule has 10 rings (SSSR count). The van der Waals surface area contributed by atoms with Crippen LogP contribution in [0.1, 0.15) is 5.56 Å². The Balaban J connectivity index is 1.17. The average molecular weight is 617 g/mol. The number of nitrogens with zero attached hydrogens (tertiary/aromatic N) is 4. The first-order valence-electron chi connectivity index (χ1n) is 15.6. The van der Waals surface area contributed by atoms with Crippen LogP contribution in [-0.4, -0.2) is 14.1 Å². The number of hydrogen-bond donors (Lipinski definition) is 0. The van der Waals surface area contributed by atoms with E-state index in [9.17, 15) is 5.26 Å². The highest BCUT2D eigenvalue weighted by molar-refractivity contribution is 7.25. The quantitative estimate of drug-likeness (QED) is 0.198. The molecule has 0 bridgehead atoms. The molecule has 0 spiro atoms. The molecule has 0 atom stereocenters. The third kappa shape index (κ3) is 3.83. The lowest BCUT2D eigenvalue weighted by Gasteiger charge is -2.12. The van der Waals surface area contributed by atoms with Crippen LogP contribution in [0.3, 0.4) is 0 Å². The molecular formula is C42H24N4S. The number of thiophene rings is 1. The Hall–Kier alpha value is -6.22. The number of hydrogen-bond acceptors (Lipinski definition) is 3. The van der Waals surface area contributed by atoms with Gasteiger partial charge in [0.05, 0.1) is 28.2 Å². The fourth-order valence-electron chi connectivity index (χ4n) is 7.29. The molecule has 0 saturated heterocycles. The second-order valence-electron chi connectivity index (χ2n) is 12.0. The highest BCUT2D eigenvalue weighted by Gasteiger charge is 2.17. The summed E-state index contributed by atoms with van der Waals surface area (Å²) < 4.78 is 7.21. The summed E-state index contributed by atoms with van der Waals surface area (Å²) in [5, 5.41) is 16.7. The summed E-state index contributed by atoms with van der Waals surface area (Å²) in [4.78, 5) is 4.90. The molecule has 0 aliphatic rings. The number of para-hydroxylation sites is 1. The van der Waals surface area contributed by atoms with E-state index in [1.807, 2.05) is 35.7 Å². The van der Waals surface area contributed by atoms with Crippen LogP contribution >= 0.6 is 11.3 Å². The minimum absolute atomic E-state index is 0.665. The summed E-state index contributed by atoms with van der Waals surface area (Å²) in [7, 11) is 0. The van der Waals surface area contributed by atoms with E-state index < -0.39 is 0 Å². The van der Waals surface area contributed by atoms with Gasteiger partial charge in [-0.05, 0) is 90.0 Å². The monoisotopic (exact) mass is 616 g/mol. The highest BCUT2D eigenvalue weighted by Crippen LogP contribution is 2.41. The van der Waals surface area contributed by atoms with Crippen LogP contribution in [0.5, 0.6) is 0 Å². The van der Waals surface area contributed by atoms with Crippen LogP contribution in [-0.2, 0) is 0 Å². The first-order chi connectivity index (χ1) is 23.2. The summed E-state index contributed by atoms with van der Waals surface area (Å²) in [6, 6.07) is 51.7. The van der Waals surface area contributed by atoms with Crippen LogP contribution in [0, 0.1) is 11.3 Å². The topological polar surface area (TPSA) is 46.5 Å². The second kappa shape index (κ2) is 9.89. The van der Waals surface area contributed by atoms with Crippen LogP contribution in [0.25, 0.3) is 86.4 Å². The lowest BCUT2D eigenvalue weighted by Crippen LogP contribution is -1.96. The molecule has 0 fully saturated rings. The molecule has 0 saturated carbocycles. The largest absolute Gasteiger partial charge is 0.309 e. The van der Waals surface area contributed by atoms with E-state index in [2.05, 4.69) is 137 Å². The van der Waals surface area contributed by atoms with Crippen molar-refractivity contribution in [2.75, 3.05) is 0 Å². The van der Waals surface area contributed by atoms with Gasteiger partial charge in [-0.15, -0.1) is 11.3 Å². The van der Waals surface area contributed by atoms with E-state index in [0.717, 1.165) is 60.9 Å². The zero-order valence-corrected chi connectivity index (χ0v) is 25.9. The zero-order chi connectivity index (χ0) is 31.1. The molecule has 4 nitrogen and oxygen atoms in total. The normalized spacial score (nSPS) is 11.8. The van der Waals surface area contributed by atoms with Crippen LogP contribution in [0.2, 0.25) is 0 Å². The molecule has 47 heavy (non-hydrogen) atoms. The Bertz CT molecular complexity index is 2930. The van der Waals surface area contributed by atoms with Gasteiger partial charge in [0.25, 0.3) is 0 Å². The minimum Gasteiger partial charge on any atom is -0.309 e. The summed E-state index contributed by atoms with van der Waals surface area (Å²) in [5.74, 6) is 0. The standard InChI is InChI=1S/C42H24N4S/c43-25-26-17-18-38-34(20-26)31-12-1-3-15-37(31)45(38)29-10-5-8-27(21-29)28-9-6-11-30(22-28)46-39-23-36-32-13-2-4-16-40(32)47-41(36)24-35(39)33-14-7-19-44-42(33)46/h1-24H. The SMILES string of the molecule is N#Cc1ccc2c(c1)c1ccccc1n2-c1cccc(-c2cccc(-n3c4cc5c(cc4c4cccnc43)sc3ccccc35)c2)c1. The fraction of sp³-hybridized carbons (Fsp3) is 0. The van der Waals surface area contributed by atoms with Crippen molar-refractivity contribution >= 4 is 75.3 Å². The van der Waals surface area contributed by atoms with Crippen molar-refractivity contribution in [3.8, 4) is 28.6 Å². The number of rotatable bonds is 3. The molecule has 0 N–H and O–H groups in total. The third-order valence-electron chi connectivity index (χ3n) is 9.37. The van der Waals surface area contributed by atoms with Gasteiger partial charge in [-0.3, -0.25) is 4.57 Å². The van der Waals surface area contributed by atoms with Crippen molar-refractivity contribution < 1.29 is 0 Å². The third-order valence-corrected chi connectivity index (χ3v) is 10.5. The van der Waals surface area contributed by atoms with Crippen molar-refractivity contribution in [3.05, 3.63) is 151 Å². The maximum atomic E-state index is 9.58. The number of pyridine rings is 1. The first kappa shape index (κ1) is 26.0. The number of benzene rings is 6. The first-order valence-corrected chi connectivity index (χ1v) is 16.4. The van der Waals surface area contributed by atoms with Crippen LogP contribution in [0.4, 0.5) is 0 Å². The van der Waals surface area contributed by atoms with E-state index in [0.29, 0.717) is 5.56 Å². The molecule has 0 unspecified atom stereocenters. The van der Waals surface area contributed by atoms with Gasteiger partial charge in [0, 0.05) is 59.3 Å². The molecule has 0 amide bonds. The van der Waals surface area contributed by atoms with Gasteiger partial charge in [-0.1, -0.05) is 60.7 Å². The van der Waals surface area contributed by atoms with Crippen molar-refractivity contribution in [1.29, 1.82) is 5.26 Å². The Morgan fingerprint density at radius 1 is 0.489 bits per heavy atom. The molecule has 4 heterocycles. The molecule has 0 radical (unpaired) electrons. The van der Waals surface area contributed by atoms with Crippen LogP contribution in [0.15, 0.2) is 146 Å². The predicted octanol–water partition coefficient (Wildman–Crippen LogP) is 11.2. The van der Waals surface area contributed by atoms with Crippen molar-refractivity contribution in [2.24, 2.45) is 0 Å².